The summed E-state index contributed by atoms with van der Waals surface area (Å²) in [7, 11) is 2.72. The second-order valence-corrected chi connectivity index (χ2v) is 10.6. The molecule has 4 unspecified atom stereocenters. The molecule has 1 fully saturated rings. The molecule has 0 spiro atoms. The van der Waals surface area contributed by atoms with Gasteiger partial charge in [-0.1, -0.05) is 48.0 Å². The minimum Gasteiger partial charge on any atom is -0.508 e. The Hall–Kier alpha value is -2.98. The van der Waals surface area contributed by atoms with Crippen molar-refractivity contribution < 1.29 is 5.11 Å². The number of phenolic OH excluding ortho intramolecular Hbond substituents is 1. The van der Waals surface area contributed by atoms with Gasteiger partial charge in [0.2, 0.25) is 0 Å². The van der Waals surface area contributed by atoms with E-state index in [1.165, 1.54) is 5.56 Å². The van der Waals surface area contributed by atoms with Crippen LogP contribution in [0, 0.1) is 6.92 Å². The first kappa shape index (κ1) is 23.7. The van der Waals surface area contributed by atoms with Crippen LogP contribution in [0.5, 0.6) is 5.75 Å². The second-order valence-electron chi connectivity index (χ2n) is 9.95. The fourth-order valence-corrected chi connectivity index (χ4v) is 5.72. The molecule has 2 heterocycles. The molecule has 0 aliphatic carbocycles. The van der Waals surface area contributed by atoms with Crippen LogP contribution in [0.4, 0.5) is 0 Å². The third kappa shape index (κ3) is 5.04. The molecule has 180 valence electrons. The van der Waals surface area contributed by atoms with Crippen LogP contribution < -0.4 is 21.9 Å². The predicted molar refractivity (Wildman–Crippen MR) is 147 cm³/mol. The van der Waals surface area contributed by atoms with Crippen LogP contribution in [0.25, 0.3) is 10.9 Å². The monoisotopic (exact) mass is 485 g/mol. The SMILES string of the molecule is Cc1ccc2[nH]c(=O)c(C(c3ccc(O)cc3)C3(N)CCNC(Cc4ccc(P)cc4)C3)cc2c1. The van der Waals surface area contributed by atoms with E-state index in [0.717, 1.165) is 53.1 Å². The molecule has 35 heavy (non-hydrogen) atoms. The lowest BCUT2D eigenvalue weighted by Crippen LogP contribution is -2.58. The maximum atomic E-state index is 13.4. The molecule has 1 aliphatic rings. The zero-order chi connectivity index (χ0) is 24.6. The van der Waals surface area contributed by atoms with Crippen LogP contribution in [0.1, 0.15) is 41.0 Å². The lowest BCUT2D eigenvalue weighted by Gasteiger charge is -2.44. The average molecular weight is 486 g/mol. The largest absolute Gasteiger partial charge is 0.508 e. The molecule has 0 bridgehead atoms. The van der Waals surface area contributed by atoms with Crippen LogP contribution in [-0.4, -0.2) is 28.2 Å². The van der Waals surface area contributed by atoms with E-state index >= 15 is 0 Å². The maximum absolute atomic E-state index is 13.4. The van der Waals surface area contributed by atoms with E-state index in [1.54, 1.807) is 12.1 Å². The number of rotatable bonds is 5. The van der Waals surface area contributed by atoms with Crippen LogP contribution >= 0.6 is 9.24 Å². The molecule has 4 aromatic rings. The van der Waals surface area contributed by atoms with E-state index in [-0.39, 0.29) is 23.3 Å². The first-order valence-electron chi connectivity index (χ1n) is 12.1. The smallest absolute Gasteiger partial charge is 0.252 e. The number of H-pyrrole nitrogens is 1. The Morgan fingerprint density at radius 1 is 1.09 bits per heavy atom. The number of pyridine rings is 1. The van der Waals surface area contributed by atoms with Crippen molar-refractivity contribution in [3.05, 3.63) is 105 Å². The lowest BCUT2D eigenvalue weighted by molar-refractivity contribution is 0.230. The maximum Gasteiger partial charge on any atom is 0.252 e. The summed E-state index contributed by atoms with van der Waals surface area (Å²) in [5.41, 5.74) is 11.3. The fourth-order valence-electron chi connectivity index (χ4n) is 5.53. The summed E-state index contributed by atoms with van der Waals surface area (Å²) in [5, 5.41) is 15.7. The molecule has 1 aromatic heterocycles. The number of hydrogen-bond donors (Lipinski definition) is 4. The molecule has 3 aromatic carbocycles. The quantitative estimate of drug-likeness (QED) is 0.323. The summed E-state index contributed by atoms with van der Waals surface area (Å²) in [6.45, 7) is 2.83. The Labute approximate surface area is 208 Å². The highest BCUT2D eigenvalue weighted by molar-refractivity contribution is 7.27. The van der Waals surface area contributed by atoms with E-state index in [0.29, 0.717) is 5.56 Å². The number of aryl methyl sites for hydroxylation is 1. The topological polar surface area (TPSA) is 91.1 Å². The highest BCUT2D eigenvalue weighted by Gasteiger charge is 2.42. The lowest BCUT2D eigenvalue weighted by atomic mass is 9.68. The van der Waals surface area contributed by atoms with Crippen molar-refractivity contribution in [2.24, 2.45) is 5.73 Å². The molecule has 5 N–H and O–H groups in total. The fraction of sp³-hybridized carbons (Fsp3) is 0.276. The number of hydrogen-bond acceptors (Lipinski definition) is 4. The summed E-state index contributed by atoms with van der Waals surface area (Å²) >= 11 is 0. The van der Waals surface area contributed by atoms with E-state index in [9.17, 15) is 9.90 Å². The van der Waals surface area contributed by atoms with E-state index in [1.807, 2.05) is 37.3 Å². The van der Waals surface area contributed by atoms with Gasteiger partial charge >= 0.3 is 0 Å². The van der Waals surface area contributed by atoms with Crippen molar-refractivity contribution in [3.63, 3.8) is 0 Å². The molecule has 1 aliphatic heterocycles. The molecule has 0 radical (unpaired) electrons. The number of aromatic amines is 1. The predicted octanol–water partition coefficient (Wildman–Crippen LogP) is 3.87. The first-order valence-corrected chi connectivity index (χ1v) is 12.7. The van der Waals surface area contributed by atoms with Gasteiger partial charge in [-0.25, -0.2) is 0 Å². The van der Waals surface area contributed by atoms with Crippen molar-refractivity contribution in [3.8, 4) is 5.75 Å². The van der Waals surface area contributed by atoms with Crippen molar-refractivity contribution in [2.45, 2.75) is 43.7 Å². The minimum atomic E-state index is -0.627. The van der Waals surface area contributed by atoms with Crippen molar-refractivity contribution in [1.29, 1.82) is 0 Å². The van der Waals surface area contributed by atoms with E-state index < -0.39 is 5.54 Å². The average Bonchev–Trinajstić information content (AvgIpc) is 2.82. The molecule has 6 heteroatoms. The Morgan fingerprint density at radius 2 is 1.83 bits per heavy atom. The summed E-state index contributed by atoms with van der Waals surface area (Å²) in [4.78, 5) is 16.5. The molecule has 0 saturated carbocycles. The Bertz CT molecular complexity index is 1400. The number of aromatic nitrogens is 1. The Kier molecular flexibility index (Phi) is 6.50. The number of piperidine rings is 1. The standard InChI is InChI=1S/C29H32N3O2P/c1-18-2-11-26-21(14-18)16-25(28(34)32-26)27(20-5-7-23(33)8-6-20)29(30)12-13-31-22(17-29)15-19-3-9-24(35)10-4-19/h2-11,14,16,22,27,31,33H,12-13,15,17,30,35H2,1H3,(H,32,34). The zero-order valence-corrected chi connectivity index (χ0v) is 21.1. The second kappa shape index (κ2) is 9.58. The molecule has 5 rings (SSSR count). The summed E-state index contributed by atoms with van der Waals surface area (Å²) < 4.78 is 0. The van der Waals surface area contributed by atoms with Crippen LogP contribution in [0.15, 0.2) is 77.6 Å². The van der Waals surface area contributed by atoms with Gasteiger partial charge in [0, 0.05) is 28.6 Å². The van der Waals surface area contributed by atoms with Crippen LogP contribution in [0.2, 0.25) is 0 Å². The van der Waals surface area contributed by atoms with Crippen molar-refractivity contribution in [2.75, 3.05) is 6.54 Å². The molecule has 1 saturated heterocycles. The van der Waals surface area contributed by atoms with Gasteiger partial charge < -0.3 is 21.1 Å². The Morgan fingerprint density at radius 3 is 2.57 bits per heavy atom. The molecule has 5 nitrogen and oxygen atoms in total. The first-order chi connectivity index (χ1) is 16.8. The molecular weight excluding hydrogens is 453 g/mol. The summed E-state index contributed by atoms with van der Waals surface area (Å²) in [5.74, 6) is -0.113. The van der Waals surface area contributed by atoms with Crippen LogP contribution in [0.3, 0.4) is 0 Å². The number of fused-ring (bicyclic) bond motifs is 1. The molecule has 4 atom stereocenters. The van der Waals surface area contributed by atoms with Gasteiger partial charge in [0.15, 0.2) is 0 Å². The minimum absolute atomic E-state index is 0.115. The van der Waals surface area contributed by atoms with Gasteiger partial charge in [0.25, 0.3) is 5.56 Å². The third-order valence-corrected chi connectivity index (χ3v) is 7.64. The van der Waals surface area contributed by atoms with Gasteiger partial charge in [0.1, 0.15) is 5.75 Å². The third-order valence-electron chi connectivity index (χ3n) is 7.25. The summed E-state index contributed by atoms with van der Waals surface area (Å²) in [6.07, 6.45) is 2.34. The highest BCUT2D eigenvalue weighted by Crippen LogP contribution is 2.40. The number of aromatic hydroxyl groups is 1. The van der Waals surface area contributed by atoms with Gasteiger partial charge in [-0.2, -0.15) is 0 Å². The summed E-state index contributed by atoms with van der Waals surface area (Å²) in [6, 6.07) is 23.9. The Balaban J connectivity index is 1.57. The molecular formula is C29H32N3O2P. The van der Waals surface area contributed by atoms with Gasteiger partial charge in [0.05, 0.1) is 0 Å². The van der Waals surface area contributed by atoms with Crippen LogP contribution in [-0.2, 0) is 6.42 Å². The van der Waals surface area contributed by atoms with Crippen molar-refractivity contribution in [1.82, 2.24) is 10.3 Å². The number of nitrogens with one attached hydrogen (secondary N) is 2. The van der Waals surface area contributed by atoms with Crippen molar-refractivity contribution >= 4 is 25.4 Å². The number of benzene rings is 3. The van der Waals surface area contributed by atoms with Gasteiger partial charge in [-0.3, -0.25) is 4.79 Å². The van der Waals surface area contributed by atoms with Gasteiger partial charge in [-0.15, -0.1) is 9.24 Å². The van der Waals surface area contributed by atoms with Gasteiger partial charge in [-0.05, 0) is 84.9 Å². The number of nitrogens with two attached hydrogens (primary N) is 1. The van der Waals surface area contributed by atoms with E-state index in [4.69, 9.17) is 5.73 Å². The zero-order valence-electron chi connectivity index (χ0n) is 19.9. The van der Waals surface area contributed by atoms with E-state index in [2.05, 4.69) is 49.9 Å². The normalized spacial score (nSPS) is 21.2. The highest BCUT2D eigenvalue weighted by atomic mass is 31.0. The number of phenols is 1. The molecule has 0 amide bonds.